The maximum absolute atomic E-state index is 12.3. The number of rotatable bonds is 5. The molecule has 26 heavy (non-hydrogen) atoms. The van der Waals surface area contributed by atoms with E-state index in [0.717, 1.165) is 13.1 Å². The highest BCUT2D eigenvalue weighted by atomic mass is 35.5. The van der Waals surface area contributed by atoms with Gasteiger partial charge in [0.05, 0.1) is 29.3 Å². The van der Waals surface area contributed by atoms with Gasteiger partial charge in [0.15, 0.2) is 0 Å². The number of amides is 2. The fraction of sp³-hybridized carbons (Fsp3) is 0.316. The summed E-state index contributed by atoms with van der Waals surface area (Å²) in [6.45, 7) is 3.60. The minimum Gasteiger partial charge on any atom is -0.379 e. The molecule has 1 unspecified atom stereocenters. The molecule has 0 bridgehead atoms. The maximum atomic E-state index is 12.3. The van der Waals surface area contributed by atoms with Crippen LogP contribution in [0.25, 0.3) is 0 Å². The third kappa shape index (κ3) is 5.11. The third-order valence-corrected chi connectivity index (χ3v) is 5.04. The normalized spacial score (nSPS) is 16.1. The average Bonchev–Trinajstić information content (AvgIpc) is 2.67. The standard InChI is InChI=1S/C19H21Cl2N3O2/c20-16-7-6-15(12-17(16)21)23-19(25)22-13-18(14-4-2-1-3-5-14)24-8-10-26-11-9-24/h1-7,12,18H,8-11,13H2,(H2,22,23,25). The Labute approximate surface area is 163 Å². The molecular weight excluding hydrogens is 373 g/mol. The Hall–Kier alpha value is -1.79. The topological polar surface area (TPSA) is 53.6 Å². The molecule has 1 fully saturated rings. The Kier molecular flexibility index (Phi) is 6.74. The summed E-state index contributed by atoms with van der Waals surface area (Å²) in [5, 5.41) is 6.59. The molecule has 0 aliphatic carbocycles. The van der Waals surface area contributed by atoms with Gasteiger partial charge in [-0.3, -0.25) is 4.90 Å². The number of benzene rings is 2. The molecule has 0 spiro atoms. The Morgan fingerprint density at radius 2 is 1.81 bits per heavy atom. The number of carbonyl (C=O) groups is 1. The second-order valence-corrected chi connectivity index (χ2v) is 6.85. The lowest BCUT2D eigenvalue weighted by molar-refractivity contribution is 0.0168. The summed E-state index contributed by atoms with van der Waals surface area (Å²) >= 11 is 11.9. The first-order valence-corrected chi connectivity index (χ1v) is 9.26. The van der Waals surface area contributed by atoms with Crippen LogP contribution in [0.15, 0.2) is 48.5 Å². The molecule has 5 nitrogen and oxygen atoms in total. The SMILES string of the molecule is O=C(NCC(c1ccccc1)N1CCOCC1)Nc1ccc(Cl)c(Cl)c1. The number of nitrogens with one attached hydrogen (secondary N) is 2. The number of nitrogens with zero attached hydrogens (tertiary/aromatic N) is 1. The van der Waals surface area contributed by atoms with Gasteiger partial charge in [-0.1, -0.05) is 53.5 Å². The van der Waals surface area contributed by atoms with E-state index < -0.39 is 0 Å². The van der Waals surface area contributed by atoms with Crippen LogP contribution in [0.2, 0.25) is 10.0 Å². The number of morpholine rings is 1. The van der Waals surface area contributed by atoms with Crippen LogP contribution in [0, 0.1) is 0 Å². The summed E-state index contributed by atoms with van der Waals surface area (Å²) in [7, 11) is 0. The summed E-state index contributed by atoms with van der Waals surface area (Å²) in [6.07, 6.45) is 0. The monoisotopic (exact) mass is 393 g/mol. The van der Waals surface area contributed by atoms with Crippen LogP contribution in [0.3, 0.4) is 0 Å². The van der Waals surface area contributed by atoms with Crippen molar-refractivity contribution >= 4 is 34.9 Å². The van der Waals surface area contributed by atoms with Gasteiger partial charge in [0.25, 0.3) is 0 Å². The summed E-state index contributed by atoms with van der Waals surface area (Å²) in [4.78, 5) is 14.6. The van der Waals surface area contributed by atoms with Crippen LogP contribution in [0.4, 0.5) is 10.5 Å². The number of anilines is 1. The van der Waals surface area contributed by atoms with Crippen LogP contribution >= 0.6 is 23.2 Å². The number of hydrogen-bond donors (Lipinski definition) is 2. The first-order valence-electron chi connectivity index (χ1n) is 8.50. The van der Waals surface area contributed by atoms with Crippen molar-refractivity contribution in [2.75, 3.05) is 38.2 Å². The lowest BCUT2D eigenvalue weighted by atomic mass is 10.0. The van der Waals surface area contributed by atoms with Gasteiger partial charge in [-0.2, -0.15) is 0 Å². The van der Waals surface area contributed by atoms with Crippen molar-refractivity contribution in [3.05, 3.63) is 64.1 Å². The largest absolute Gasteiger partial charge is 0.379 e. The molecule has 2 N–H and O–H groups in total. The molecule has 3 rings (SSSR count). The van der Waals surface area contributed by atoms with Crippen LogP contribution in [0.1, 0.15) is 11.6 Å². The van der Waals surface area contributed by atoms with Gasteiger partial charge < -0.3 is 15.4 Å². The molecule has 2 aromatic rings. The Bertz CT molecular complexity index is 737. The number of carbonyl (C=O) groups excluding carboxylic acids is 1. The number of halogens is 2. The minimum absolute atomic E-state index is 0.0969. The van der Waals surface area contributed by atoms with Gasteiger partial charge >= 0.3 is 6.03 Å². The van der Waals surface area contributed by atoms with Crippen molar-refractivity contribution in [1.82, 2.24) is 10.2 Å². The van der Waals surface area contributed by atoms with E-state index in [9.17, 15) is 4.79 Å². The van der Waals surface area contributed by atoms with E-state index in [-0.39, 0.29) is 12.1 Å². The second-order valence-electron chi connectivity index (χ2n) is 6.04. The van der Waals surface area contributed by atoms with Crippen molar-refractivity contribution in [1.29, 1.82) is 0 Å². The predicted molar refractivity (Wildman–Crippen MR) is 105 cm³/mol. The zero-order valence-electron chi connectivity index (χ0n) is 14.3. The highest BCUT2D eigenvalue weighted by molar-refractivity contribution is 6.42. The Morgan fingerprint density at radius 3 is 2.50 bits per heavy atom. The Morgan fingerprint density at radius 1 is 1.08 bits per heavy atom. The van der Waals surface area contributed by atoms with Gasteiger partial charge in [0.1, 0.15) is 0 Å². The third-order valence-electron chi connectivity index (χ3n) is 4.30. The summed E-state index contributed by atoms with van der Waals surface area (Å²) in [6, 6.07) is 15.0. The molecule has 1 saturated heterocycles. The van der Waals surface area contributed by atoms with Crippen LogP contribution in [-0.2, 0) is 4.74 Å². The molecule has 0 aromatic heterocycles. The minimum atomic E-state index is -0.280. The first-order chi connectivity index (χ1) is 12.6. The quantitative estimate of drug-likeness (QED) is 0.800. The van der Waals surface area contributed by atoms with Crippen LogP contribution in [0.5, 0.6) is 0 Å². The van der Waals surface area contributed by atoms with Gasteiger partial charge in [-0.15, -0.1) is 0 Å². The molecule has 2 aromatic carbocycles. The molecule has 1 heterocycles. The first kappa shape index (κ1) is 19.0. The molecule has 138 valence electrons. The second kappa shape index (κ2) is 9.24. The average molecular weight is 394 g/mol. The molecule has 7 heteroatoms. The van der Waals surface area contributed by atoms with Crippen molar-refractivity contribution in [3.63, 3.8) is 0 Å². The van der Waals surface area contributed by atoms with Gasteiger partial charge in [0.2, 0.25) is 0 Å². The Balaban J connectivity index is 1.63. The van der Waals surface area contributed by atoms with Crippen molar-refractivity contribution in [2.24, 2.45) is 0 Å². The number of ether oxygens (including phenoxy) is 1. The number of hydrogen-bond acceptors (Lipinski definition) is 3. The van der Waals surface area contributed by atoms with Gasteiger partial charge in [-0.25, -0.2) is 4.79 Å². The molecule has 0 radical (unpaired) electrons. The molecule has 0 saturated carbocycles. The fourth-order valence-corrected chi connectivity index (χ4v) is 3.26. The summed E-state index contributed by atoms with van der Waals surface area (Å²) in [5.41, 5.74) is 1.77. The number of urea groups is 1. The fourth-order valence-electron chi connectivity index (χ4n) is 2.96. The smallest absolute Gasteiger partial charge is 0.319 e. The van der Waals surface area contributed by atoms with E-state index >= 15 is 0 Å². The molecular formula is C19H21Cl2N3O2. The van der Waals surface area contributed by atoms with E-state index in [4.69, 9.17) is 27.9 Å². The van der Waals surface area contributed by atoms with E-state index in [0.29, 0.717) is 35.5 Å². The lowest BCUT2D eigenvalue weighted by Crippen LogP contribution is -2.44. The zero-order valence-corrected chi connectivity index (χ0v) is 15.8. The van der Waals surface area contributed by atoms with Gasteiger partial charge in [-0.05, 0) is 23.8 Å². The van der Waals surface area contributed by atoms with E-state index in [2.05, 4.69) is 27.7 Å². The molecule has 1 aliphatic rings. The van der Waals surface area contributed by atoms with E-state index in [1.807, 2.05) is 18.2 Å². The molecule has 1 atom stereocenters. The molecule has 1 aliphatic heterocycles. The van der Waals surface area contributed by atoms with Crippen molar-refractivity contribution in [3.8, 4) is 0 Å². The predicted octanol–water partition coefficient (Wildman–Crippen LogP) is 4.19. The van der Waals surface area contributed by atoms with Gasteiger partial charge in [0, 0.05) is 25.3 Å². The van der Waals surface area contributed by atoms with Crippen LogP contribution in [-0.4, -0.2) is 43.8 Å². The zero-order chi connectivity index (χ0) is 18.4. The highest BCUT2D eigenvalue weighted by Crippen LogP contribution is 2.25. The summed E-state index contributed by atoms with van der Waals surface area (Å²) < 4.78 is 5.45. The van der Waals surface area contributed by atoms with E-state index in [1.54, 1.807) is 18.2 Å². The van der Waals surface area contributed by atoms with E-state index in [1.165, 1.54) is 5.56 Å². The highest BCUT2D eigenvalue weighted by Gasteiger charge is 2.23. The lowest BCUT2D eigenvalue weighted by Gasteiger charge is -2.34. The molecule has 2 amide bonds. The van der Waals surface area contributed by atoms with Crippen molar-refractivity contribution in [2.45, 2.75) is 6.04 Å². The summed E-state index contributed by atoms with van der Waals surface area (Å²) in [5.74, 6) is 0. The van der Waals surface area contributed by atoms with Crippen LogP contribution < -0.4 is 10.6 Å². The maximum Gasteiger partial charge on any atom is 0.319 e. The van der Waals surface area contributed by atoms with Crippen molar-refractivity contribution < 1.29 is 9.53 Å².